The summed E-state index contributed by atoms with van der Waals surface area (Å²) in [5, 5.41) is 23.0. The Morgan fingerprint density at radius 1 is 0.692 bits per heavy atom. The summed E-state index contributed by atoms with van der Waals surface area (Å²) in [4.78, 5) is 0. The lowest BCUT2D eigenvalue weighted by atomic mass is 9.71. The van der Waals surface area contributed by atoms with E-state index >= 15 is 0 Å². The smallest absolute Gasteiger partial charge is 0.104 e. The number of hydrogen-bond acceptors (Lipinski definition) is 2. The van der Waals surface area contributed by atoms with Crippen LogP contribution in [0.3, 0.4) is 0 Å². The molecule has 2 atom stereocenters. The molecule has 2 heteroatoms. The molecule has 5 aliphatic rings. The van der Waals surface area contributed by atoms with Gasteiger partial charge < -0.3 is 10.2 Å². The quantitative estimate of drug-likeness (QED) is 0.683. The third-order valence-electron chi connectivity index (χ3n) is 6.15. The summed E-state index contributed by atoms with van der Waals surface area (Å²) in [5.74, 6) is 0. The summed E-state index contributed by atoms with van der Waals surface area (Å²) < 4.78 is 0. The maximum absolute atomic E-state index is 11.5. The van der Waals surface area contributed by atoms with Crippen LogP contribution in [0.1, 0.15) is 76.3 Å². The molecule has 2 N–H and O–H groups in total. The van der Waals surface area contributed by atoms with E-state index < -0.39 is 11.2 Å². The van der Waals surface area contributed by atoms with Crippen LogP contribution in [0.4, 0.5) is 0 Å². The minimum Gasteiger partial charge on any atom is -0.381 e. The van der Waals surface area contributed by atoms with Gasteiger partial charge in [0.05, 0.1) is 0 Å². The average molecular weight is 355 g/mol. The maximum Gasteiger partial charge on any atom is 0.104 e. The van der Waals surface area contributed by atoms with Gasteiger partial charge in [0.25, 0.3) is 0 Å². The van der Waals surface area contributed by atoms with E-state index in [9.17, 15) is 10.2 Å². The Kier molecular flexibility index (Phi) is 6.04. The van der Waals surface area contributed by atoms with Crippen LogP contribution in [-0.2, 0) is 12.8 Å². The van der Waals surface area contributed by atoms with Gasteiger partial charge in [-0.15, -0.1) is 0 Å². The topological polar surface area (TPSA) is 40.5 Å². The van der Waals surface area contributed by atoms with E-state index in [0.29, 0.717) is 0 Å². The van der Waals surface area contributed by atoms with Gasteiger partial charge in [-0.05, 0) is 73.0 Å². The standard InChI is InChI=1S/C24H34O2/c1-3-5-15-23(25)17-22-14-12-20-9-7-19(8-10-20)11-13-21(23)18-24(22,26)16-6-4-2/h7-10,17-18,25-26H,3-6,11-16H2,1-2H3/t23-,24-/m0/s1. The average Bonchev–Trinajstić information content (AvgIpc) is 2.64. The highest BCUT2D eigenvalue weighted by Gasteiger charge is 2.40. The van der Waals surface area contributed by atoms with E-state index in [1.807, 2.05) is 12.2 Å². The zero-order chi connectivity index (χ0) is 18.6. The predicted octanol–water partition coefficient (Wildman–Crippen LogP) is 5.27. The number of benzene rings is 1. The zero-order valence-corrected chi connectivity index (χ0v) is 16.4. The maximum atomic E-state index is 11.5. The molecule has 6 rings (SSSR count). The number of rotatable bonds is 6. The van der Waals surface area contributed by atoms with Crippen molar-refractivity contribution in [2.24, 2.45) is 0 Å². The van der Waals surface area contributed by atoms with Crippen molar-refractivity contribution in [2.45, 2.75) is 89.3 Å². The van der Waals surface area contributed by atoms with Gasteiger partial charge in [0.15, 0.2) is 0 Å². The molecule has 0 radical (unpaired) electrons. The molecule has 0 unspecified atom stereocenters. The highest BCUT2D eigenvalue weighted by Crippen LogP contribution is 2.42. The Hall–Kier alpha value is -1.38. The van der Waals surface area contributed by atoms with E-state index in [1.165, 1.54) is 11.1 Å². The molecule has 4 bridgehead atoms. The van der Waals surface area contributed by atoms with E-state index in [0.717, 1.165) is 75.4 Å². The van der Waals surface area contributed by atoms with Gasteiger partial charge in [0, 0.05) is 0 Å². The van der Waals surface area contributed by atoms with Crippen LogP contribution in [0.25, 0.3) is 0 Å². The Bertz CT molecular complexity index is 611. The fourth-order valence-corrected chi connectivity index (χ4v) is 4.38. The lowest BCUT2D eigenvalue weighted by Gasteiger charge is -2.41. The van der Waals surface area contributed by atoms with E-state index in [1.54, 1.807) is 0 Å². The summed E-state index contributed by atoms with van der Waals surface area (Å²) in [6, 6.07) is 8.86. The molecule has 1 aromatic rings. The lowest BCUT2D eigenvalue weighted by molar-refractivity contribution is 0.0710. The molecule has 5 aliphatic carbocycles. The van der Waals surface area contributed by atoms with Crippen molar-refractivity contribution in [3.8, 4) is 0 Å². The van der Waals surface area contributed by atoms with Crippen molar-refractivity contribution < 1.29 is 10.2 Å². The molecule has 0 saturated heterocycles. The van der Waals surface area contributed by atoms with Crippen molar-refractivity contribution >= 4 is 0 Å². The minimum absolute atomic E-state index is 0.750. The largest absolute Gasteiger partial charge is 0.381 e. The first kappa shape index (κ1) is 19.4. The van der Waals surface area contributed by atoms with E-state index in [-0.39, 0.29) is 0 Å². The summed E-state index contributed by atoms with van der Waals surface area (Å²) in [6.07, 6.45) is 13.1. The van der Waals surface area contributed by atoms with Gasteiger partial charge in [-0.2, -0.15) is 0 Å². The Labute approximate surface area is 158 Å². The second kappa shape index (κ2) is 8.10. The summed E-state index contributed by atoms with van der Waals surface area (Å²) >= 11 is 0. The Balaban J connectivity index is 2.01. The van der Waals surface area contributed by atoms with Gasteiger partial charge in [-0.3, -0.25) is 0 Å². The van der Waals surface area contributed by atoms with Gasteiger partial charge in [0.2, 0.25) is 0 Å². The summed E-state index contributed by atoms with van der Waals surface area (Å²) in [7, 11) is 0. The van der Waals surface area contributed by atoms with Gasteiger partial charge in [-0.25, -0.2) is 0 Å². The van der Waals surface area contributed by atoms with Gasteiger partial charge >= 0.3 is 0 Å². The van der Waals surface area contributed by atoms with E-state index in [2.05, 4.69) is 38.1 Å². The molecule has 0 saturated carbocycles. The molecule has 0 fully saturated rings. The molecular weight excluding hydrogens is 320 g/mol. The van der Waals surface area contributed by atoms with Crippen LogP contribution in [0.5, 0.6) is 0 Å². The number of aryl methyl sites for hydroxylation is 2. The molecule has 0 heterocycles. The third-order valence-corrected chi connectivity index (χ3v) is 6.15. The third kappa shape index (κ3) is 4.13. The molecular formula is C24H34O2. The molecule has 0 aliphatic heterocycles. The SMILES string of the molecule is CCCC[C@]1(O)C=C2CCc3ccc(cc3)CCC1=C[C@@]2(O)CCCC. The fraction of sp³-hybridized carbons (Fsp3) is 0.583. The molecule has 0 aromatic heterocycles. The molecule has 0 amide bonds. The van der Waals surface area contributed by atoms with Crippen LogP contribution in [0, 0.1) is 0 Å². The lowest BCUT2D eigenvalue weighted by Crippen LogP contribution is -2.41. The molecule has 0 spiro atoms. The first-order valence-electron chi connectivity index (χ1n) is 10.5. The van der Waals surface area contributed by atoms with Crippen molar-refractivity contribution in [1.82, 2.24) is 0 Å². The monoisotopic (exact) mass is 354 g/mol. The molecule has 26 heavy (non-hydrogen) atoms. The normalized spacial score (nSPS) is 28.3. The summed E-state index contributed by atoms with van der Waals surface area (Å²) in [6.45, 7) is 4.33. The predicted molar refractivity (Wildman–Crippen MR) is 108 cm³/mol. The van der Waals surface area contributed by atoms with E-state index in [4.69, 9.17) is 0 Å². The Morgan fingerprint density at radius 3 is 1.42 bits per heavy atom. The number of aliphatic hydroxyl groups is 2. The first-order valence-corrected chi connectivity index (χ1v) is 10.5. The van der Waals surface area contributed by atoms with Crippen LogP contribution in [0.15, 0.2) is 47.6 Å². The van der Waals surface area contributed by atoms with Crippen molar-refractivity contribution in [1.29, 1.82) is 0 Å². The Morgan fingerprint density at radius 2 is 1.08 bits per heavy atom. The molecule has 142 valence electrons. The van der Waals surface area contributed by atoms with Crippen LogP contribution in [-0.4, -0.2) is 21.4 Å². The van der Waals surface area contributed by atoms with Gasteiger partial charge in [-0.1, -0.05) is 63.8 Å². The molecule has 2 nitrogen and oxygen atoms in total. The minimum atomic E-state index is -0.888. The highest BCUT2D eigenvalue weighted by molar-refractivity contribution is 5.43. The van der Waals surface area contributed by atoms with Crippen molar-refractivity contribution in [3.63, 3.8) is 0 Å². The second-order valence-corrected chi connectivity index (χ2v) is 8.21. The highest BCUT2D eigenvalue weighted by atomic mass is 16.3. The second-order valence-electron chi connectivity index (χ2n) is 8.21. The van der Waals surface area contributed by atoms with Crippen molar-refractivity contribution in [2.75, 3.05) is 0 Å². The van der Waals surface area contributed by atoms with Crippen molar-refractivity contribution in [3.05, 3.63) is 58.7 Å². The number of hydrogen-bond donors (Lipinski definition) is 2. The van der Waals surface area contributed by atoms with Crippen LogP contribution >= 0.6 is 0 Å². The van der Waals surface area contributed by atoms with Crippen LogP contribution in [0.2, 0.25) is 0 Å². The first-order chi connectivity index (χ1) is 12.5. The fourth-order valence-electron chi connectivity index (χ4n) is 4.38. The zero-order valence-electron chi connectivity index (χ0n) is 16.4. The number of unbranched alkanes of at least 4 members (excludes halogenated alkanes) is 2. The summed E-state index contributed by atoms with van der Waals surface area (Å²) in [5.41, 5.74) is 2.86. The van der Waals surface area contributed by atoms with Crippen LogP contribution < -0.4 is 0 Å². The molecule has 1 aromatic carbocycles. The van der Waals surface area contributed by atoms with Gasteiger partial charge in [0.1, 0.15) is 11.2 Å².